The lowest BCUT2D eigenvalue weighted by molar-refractivity contribution is 0.140. The summed E-state index contributed by atoms with van der Waals surface area (Å²) in [5, 5.41) is 14.4. The van der Waals surface area contributed by atoms with Gasteiger partial charge >= 0.3 is 0 Å². The van der Waals surface area contributed by atoms with Crippen molar-refractivity contribution in [1.82, 2.24) is 0 Å². The number of para-hydroxylation sites is 1. The molecule has 2 rings (SSSR count). The Morgan fingerprint density at radius 2 is 2.21 bits per heavy atom. The highest BCUT2D eigenvalue weighted by Gasteiger charge is 2.27. The fourth-order valence-corrected chi connectivity index (χ4v) is 2.13. The summed E-state index contributed by atoms with van der Waals surface area (Å²) in [6.45, 7) is 0.0713. The monoisotopic (exact) mass is 215 g/mol. The first-order valence-electron chi connectivity index (χ1n) is 3.97. The minimum absolute atomic E-state index is 0.0713. The number of benzene rings is 1. The molecule has 1 aromatic carbocycles. The van der Waals surface area contributed by atoms with Crippen LogP contribution in [0.5, 0.6) is 5.75 Å². The molecule has 0 aromatic heterocycles. The van der Waals surface area contributed by atoms with Gasteiger partial charge in [-0.05, 0) is 6.07 Å². The van der Waals surface area contributed by atoms with E-state index in [0.29, 0.717) is 5.56 Å². The normalized spacial score (nSPS) is 20.3. The van der Waals surface area contributed by atoms with E-state index in [1.165, 1.54) is 12.1 Å². The molecule has 0 radical (unpaired) electrons. The topological polar surface area (TPSA) is 89.6 Å². The second kappa shape index (κ2) is 2.94. The smallest absolute Gasteiger partial charge is 0.241 e. The van der Waals surface area contributed by atoms with Crippen LogP contribution < -0.4 is 9.88 Å². The standard InChI is InChI=1S/C8H9NO4S/c9-14(11,12)7-3-1-2-5-6(10)4-13-8(5)7/h1-3,6,10H,4H2,(H2,9,11,12). The average molecular weight is 215 g/mol. The predicted molar refractivity (Wildman–Crippen MR) is 48.3 cm³/mol. The van der Waals surface area contributed by atoms with Gasteiger partial charge in [0.05, 0.1) is 0 Å². The van der Waals surface area contributed by atoms with Crippen molar-refractivity contribution in [3.63, 3.8) is 0 Å². The van der Waals surface area contributed by atoms with Crippen molar-refractivity contribution in [2.24, 2.45) is 5.14 Å². The van der Waals surface area contributed by atoms with Gasteiger partial charge in [-0.3, -0.25) is 0 Å². The van der Waals surface area contributed by atoms with E-state index >= 15 is 0 Å². The maximum atomic E-state index is 11.1. The van der Waals surface area contributed by atoms with Gasteiger partial charge in [0.2, 0.25) is 10.0 Å². The van der Waals surface area contributed by atoms with E-state index in [4.69, 9.17) is 9.88 Å². The van der Waals surface area contributed by atoms with E-state index in [1.807, 2.05) is 0 Å². The van der Waals surface area contributed by atoms with Crippen molar-refractivity contribution < 1.29 is 18.3 Å². The van der Waals surface area contributed by atoms with Crippen molar-refractivity contribution >= 4 is 10.0 Å². The Hall–Kier alpha value is -1.11. The third-order valence-corrected chi connectivity index (χ3v) is 2.99. The fourth-order valence-electron chi connectivity index (χ4n) is 1.43. The van der Waals surface area contributed by atoms with Gasteiger partial charge in [0.15, 0.2) is 0 Å². The van der Waals surface area contributed by atoms with E-state index in [2.05, 4.69) is 0 Å². The molecule has 1 aromatic rings. The number of fused-ring (bicyclic) bond motifs is 1. The Balaban J connectivity index is 2.67. The molecule has 0 fully saturated rings. The Morgan fingerprint density at radius 1 is 1.50 bits per heavy atom. The number of aliphatic hydroxyl groups excluding tert-OH is 1. The van der Waals surface area contributed by atoms with E-state index in [-0.39, 0.29) is 17.3 Å². The second-order valence-corrected chi connectivity index (χ2v) is 4.58. The quantitative estimate of drug-likeness (QED) is 0.676. The molecule has 3 N–H and O–H groups in total. The lowest BCUT2D eigenvalue weighted by atomic mass is 10.1. The molecule has 1 aliphatic rings. The maximum Gasteiger partial charge on any atom is 0.241 e. The van der Waals surface area contributed by atoms with Crippen LogP contribution in [-0.4, -0.2) is 20.1 Å². The van der Waals surface area contributed by atoms with Gasteiger partial charge in [-0.25, -0.2) is 13.6 Å². The average Bonchev–Trinajstić information content (AvgIpc) is 2.46. The van der Waals surface area contributed by atoms with E-state index in [0.717, 1.165) is 0 Å². The van der Waals surface area contributed by atoms with E-state index in [9.17, 15) is 13.5 Å². The van der Waals surface area contributed by atoms with Gasteiger partial charge in [0, 0.05) is 5.56 Å². The molecule has 0 aliphatic carbocycles. The zero-order chi connectivity index (χ0) is 10.3. The lowest BCUT2D eigenvalue weighted by Crippen LogP contribution is -2.13. The summed E-state index contributed by atoms with van der Waals surface area (Å²) in [6.07, 6.45) is -0.772. The highest BCUT2D eigenvalue weighted by Crippen LogP contribution is 2.36. The molecular formula is C8H9NO4S. The Morgan fingerprint density at radius 3 is 2.86 bits per heavy atom. The molecule has 5 nitrogen and oxygen atoms in total. The predicted octanol–water partition coefficient (Wildman–Crippen LogP) is -0.240. The number of ether oxygens (including phenoxy) is 1. The molecule has 1 aliphatic heterocycles. The summed E-state index contributed by atoms with van der Waals surface area (Å²) in [7, 11) is -3.79. The van der Waals surface area contributed by atoms with Gasteiger partial charge < -0.3 is 9.84 Å². The number of rotatable bonds is 1. The van der Waals surface area contributed by atoms with Crippen molar-refractivity contribution in [3.05, 3.63) is 23.8 Å². The number of aliphatic hydroxyl groups is 1. The maximum absolute atomic E-state index is 11.1. The SMILES string of the molecule is NS(=O)(=O)c1cccc2c1OCC2O. The summed E-state index contributed by atoms with van der Waals surface area (Å²) in [6, 6.07) is 4.49. The number of nitrogens with two attached hydrogens (primary N) is 1. The van der Waals surface area contributed by atoms with E-state index < -0.39 is 16.1 Å². The summed E-state index contributed by atoms with van der Waals surface area (Å²) in [4.78, 5) is -0.0773. The minimum Gasteiger partial charge on any atom is -0.489 e. The summed E-state index contributed by atoms with van der Waals surface area (Å²) in [5.41, 5.74) is 0.469. The van der Waals surface area contributed by atoms with Gasteiger partial charge in [-0.15, -0.1) is 0 Å². The molecule has 0 bridgehead atoms. The summed E-state index contributed by atoms with van der Waals surface area (Å²) >= 11 is 0. The first kappa shape index (κ1) is 9.45. The molecule has 0 amide bonds. The molecule has 0 saturated heterocycles. The van der Waals surface area contributed by atoms with Crippen LogP contribution >= 0.6 is 0 Å². The van der Waals surface area contributed by atoms with Crippen LogP contribution in [0.1, 0.15) is 11.7 Å². The van der Waals surface area contributed by atoms with Crippen LogP contribution in [0.25, 0.3) is 0 Å². The number of primary sulfonamides is 1. The Kier molecular flexibility index (Phi) is 1.99. The fraction of sp³-hybridized carbons (Fsp3) is 0.250. The van der Waals surface area contributed by atoms with Crippen LogP contribution in [0, 0.1) is 0 Å². The molecule has 6 heteroatoms. The highest BCUT2D eigenvalue weighted by molar-refractivity contribution is 7.89. The first-order valence-corrected chi connectivity index (χ1v) is 5.51. The number of hydrogen-bond donors (Lipinski definition) is 2. The van der Waals surface area contributed by atoms with Crippen LogP contribution in [0.2, 0.25) is 0 Å². The Bertz CT molecular complexity index is 468. The molecule has 76 valence electrons. The number of sulfonamides is 1. The van der Waals surface area contributed by atoms with Crippen LogP contribution in [0.4, 0.5) is 0 Å². The van der Waals surface area contributed by atoms with Crippen LogP contribution in [0.3, 0.4) is 0 Å². The van der Waals surface area contributed by atoms with Crippen molar-refractivity contribution in [1.29, 1.82) is 0 Å². The largest absolute Gasteiger partial charge is 0.489 e. The third kappa shape index (κ3) is 1.37. The van der Waals surface area contributed by atoms with E-state index in [1.54, 1.807) is 6.07 Å². The van der Waals surface area contributed by atoms with Crippen LogP contribution in [0.15, 0.2) is 23.1 Å². The number of hydrogen-bond acceptors (Lipinski definition) is 4. The molecule has 0 spiro atoms. The minimum atomic E-state index is -3.79. The molecule has 14 heavy (non-hydrogen) atoms. The summed E-state index contributed by atoms with van der Waals surface area (Å²) in [5.74, 6) is 0.169. The third-order valence-electron chi connectivity index (χ3n) is 2.06. The summed E-state index contributed by atoms with van der Waals surface area (Å²) < 4.78 is 27.3. The van der Waals surface area contributed by atoms with Gasteiger partial charge in [-0.2, -0.15) is 0 Å². The Labute approximate surface area is 81.2 Å². The van der Waals surface area contributed by atoms with Gasteiger partial charge in [0.25, 0.3) is 0 Å². The zero-order valence-corrected chi connectivity index (χ0v) is 7.99. The molecule has 0 saturated carbocycles. The van der Waals surface area contributed by atoms with Gasteiger partial charge in [-0.1, -0.05) is 12.1 Å². The van der Waals surface area contributed by atoms with Crippen molar-refractivity contribution in [2.75, 3.05) is 6.61 Å². The molecule has 1 heterocycles. The zero-order valence-electron chi connectivity index (χ0n) is 7.17. The molecule has 1 unspecified atom stereocenters. The highest BCUT2D eigenvalue weighted by atomic mass is 32.2. The lowest BCUT2D eigenvalue weighted by Gasteiger charge is -2.04. The first-order chi connectivity index (χ1) is 6.50. The second-order valence-electron chi connectivity index (χ2n) is 3.05. The van der Waals surface area contributed by atoms with Crippen molar-refractivity contribution in [2.45, 2.75) is 11.0 Å². The molecule has 1 atom stereocenters. The molecular weight excluding hydrogens is 206 g/mol. The van der Waals surface area contributed by atoms with Crippen molar-refractivity contribution in [3.8, 4) is 5.75 Å². The van der Waals surface area contributed by atoms with Crippen LogP contribution in [-0.2, 0) is 10.0 Å². The van der Waals surface area contributed by atoms with Gasteiger partial charge in [0.1, 0.15) is 23.4 Å².